The number of hydrogen-bond donors (Lipinski definition) is 4. The van der Waals surface area contributed by atoms with Crippen LogP contribution in [0.2, 0.25) is 0 Å². The molecule has 5 atom stereocenters. The standard InChI is InChI=1S/C6H12O5/c1-2(7)5-3(8)4(9)6(10)11-5/h2-10H,1H3/t2-,3-,4+,5-,6+/m0/s1. The van der Waals surface area contributed by atoms with Crippen molar-refractivity contribution in [3.05, 3.63) is 0 Å². The van der Waals surface area contributed by atoms with E-state index in [1.54, 1.807) is 0 Å². The average molecular weight is 164 g/mol. The maximum atomic E-state index is 9.10. The van der Waals surface area contributed by atoms with Crippen LogP contribution < -0.4 is 0 Å². The van der Waals surface area contributed by atoms with Gasteiger partial charge in [-0.1, -0.05) is 0 Å². The summed E-state index contributed by atoms with van der Waals surface area (Å²) in [5.74, 6) is 0. The van der Waals surface area contributed by atoms with E-state index in [4.69, 9.17) is 20.4 Å². The van der Waals surface area contributed by atoms with Crippen LogP contribution >= 0.6 is 0 Å². The number of ether oxygens (including phenoxy) is 1. The third kappa shape index (κ3) is 1.52. The smallest absolute Gasteiger partial charge is 0.184 e. The second-order valence-corrected chi connectivity index (χ2v) is 2.71. The lowest BCUT2D eigenvalue weighted by Crippen LogP contribution is -2.37. The molecular formula is C6H12O5. The van der Waals surface area contributed by atoms with Crippen LogP contribution in [0, 0.1) is 0 Å². The molecule has 1 saturated heterocycles. The highest BCUT2D eigenvalue weighted by Crippen LogP contribution is 2.21. The van der Waals surface area contributed by atoms with E-state index in [2.05, 4.69) is 4.74 Å². The summed E-state index contributed by atoms with van der Waals surface area (Å²) in [6.45, 7) is 1.42. The van der Waals surface area contributed by atoms with Gasteiger partial charge in [0.15, 0.2) is 6.29 Å². The van der Waals surface area contributed by atoms with E-state index in [-0.39, 0.29) is 0 Å². The molecule has 1 rings (SSSR count). The quantitative estimate of drug-likeness (QED) is 0.353. The lowest BCUT2D eigenvalue weighted by molar-refractivity contribution is -0.143. The monoisotopic (exact) mass is 164 g/mol. The normalized spacial score (nSPS) is 47.7. The second-order valence-electron chi connectivity index (χ2n) is 2.71. The minimum atomic E-state index is -1.40. The molecule has 0 aromatic carbocycles. The van der Waals surface area contributed by atoms with Crippen LogP contribution in [0.4, 0.5) is 0 Å². The maximum Gasteiger partial charge on any atom is 0.184 e. The third-order valence-corrected chi connectivity index (χ3v) is 1.75. The molecule has 0 amide bonds. The van der Waals surface area contributed by atoms with Gasteiger partial charge in [0.2, 0.25) is 0 Å². The Morgan fingerprint density at radius 1 is 1.18 bits per heavy atom. The molecule has 5 heteroatoms. The van der Waals surface area contributed by atoms with E-state index in [1.807, 2.05) is 0 Å². The zero-order valence-electron chi connectivity index (χ0n) is 6.08. The van der Waals surface area contributed by atoms with Crippen molar-refractivity contribution in [2.24, 2.45) is 0 Å². The zero-order chi connectivity index (χ0) is 8.59. The molecule has 0 saturated carbocycles. The van der Waals surface area contributed by atoms with E-state index in [0.29, 0.717) is 0 Å². The first kappa shape index (κ1) is 8.89. The van der Waals surface area contributed by atoms with Gasteiger partial charge in [0, 0.05) is 0 Å². The Morgan fingerprint density at radius 2 is 1.73 bits per heavy atom. The molecule has 1 aliphatic rings. The molecular weight excluding hydrogens is 152 g/mol. The highest BCUT2D eigenvalue weighted by molar-refractivity contribution is 4.88. The summed E-state index contributed by atoms with van der Waals surface area (Å²) in [5, 5.41) is 35.8. The molecule has 66 valence electrons. The third-order valence-electron chi connectivity index (χ3n) is 1.75. The molecule has 5 nitrogen and oxygen atoms in total. The Hall–Kier alpha value is -0.200. The van der Waals surface area contributed by atoms with Crippen molar-refractivity contribution in [3.8, 4) is 0 Å². The molecule has 0 spiro atoms. The molecule has 0 radical (unpaired) electrons. The second kappa shape index (κ2) is 3.04. The molecule has 0 bridgehead atoms. The van der Waals surface area contributed by atoms with Crippen molar-refractivity contribution in [1.82, 2.24) is 0 Å². The van der Waals surface area contributed by atoms with Crippen molar-refractivity contribution in [2.45, 2.75) is 37.6 Å². The molecule has 0 aromatic rings. The molecule has 0 unspecified atom stereocenters. The largest absolute Gasteiger partial charge is 0.391 e. The Morgan fingerprint density at radius 3 is 1.91 bits per heavy atom. The number of rotatable bonds is 1. The van der Waals surface area contributed by atoms with Gasteiger partial charge >= 0.3 is 0 Å². The van der Waals surface area contributed by atoms with Crippen LogP contribution in [0.5, 0.6) is 0 Å². The summed E-state index contributed by atoms with van der Waals surface area (Å²) >= 11 is 0. The topological polar surface area (TPSA) is 90.2 Å². The van der Waals surface area contributed by atoms with E-state index >= 15 is 0 Å². The summed E-state index contributed by atoms with van der Waals surface area (Å²) in [4.78, 5) is 0. The minimum absolute atomic E-state index is 0.903. The number of hydrogen-bond acceptors (Lipinski definition) is 5. The average Bonchev–Trinajstić information content (AvgIpc) is 2.17. The van der Waals surface area contributed by atoms with Crippen LogP contribution in [0.15, 0.2) is 0 Å². The van der Waals surface area contributed by atoms with Crippen molar-refractivity contribution in [3.63, 3.8) is 0 Å². The minimum Gasteiger partial charge on any atom is -0.391 e. The lowest BCUT2D eigenvalue weighted by atomic mass is 10.1. The fourth-order valence-electron chi connectivity index (χ4n) is 1.08. The summed E-state index contributed by atoms with van der Waals surface area (Å²) < 4.78 is 4.65. The zero-order valence-corrected chi connectivity index (χ0v) is 6.08. The first-order chi connectivity index (χ1) is 5.04. The summed E-state index contributed by atoms with van der Waals surface area (Å²) in [7, 11) is 0. The van der Waals surface area contributed by atoms with Gasteiger partial charge in [-0.2, -0.15) is 0 Å². The molecule has 4 N–H and O–H groups in total. The summed E-state index contributed by atoms with van der Waals surface area (Å²) in [5.41, 5.74) is 0. The van der Waals surface area contributed by atoms with Gasteiger partial charge in [0.05, 0.1) is 6.10 Å². The van der Waals surface area contributed by atoms with E-state index in [9.17, 15) is 0 Å². The van der Waals surface area contributed by atoms with Crippen molar-refractivity contribution in [1.29, 1.82) is 0 Å². The maximum absolute atomic E-state index is 9.10. The first-order valence-electron chi connectivity index (χ1n) is 3.41. The Labute approximate surface area is 63.8 Å². The highest BCUT2D eigenvalue weighted by atomic mass is 16.6. The van der Waals surface area contributed by atoms with E-state index in [1.165, 1.54) is 6.92 Å². The van der Waals surface area contributed by atoms with Gasteiger partial charge in [0.1, 0.15) is 18.3 Å². The molecule has 0 aromatic heterocycles. The number of aliphatic hydroxyl groups excluding tert-OH is 4. The van der Waals surface area contributed by atoms with Gasteiger partial charge in [0.25, 0.3) is 0 Å². The van der Waals surface area contributed by atoms with E-state index < -0.39 is 30.7 Å². The van der Waals surface area contributed by atoms with Crippen LogP contribution in [-0.4, -0.2) is 51.1 Å². The SMILES string of the molecule is C[C@H](O)[C@@H]1O[C@@H](O)[C@H](O)[C@@H]1O. The fourth-order valence-corrected chi connectivity index (χ4v) is 1.08. The van der Waals surface area contributed by atoms with Crippen molar-refractivity contribution < 1.29 is 25.2 Å². The van der Waals surface area contributed by atoms with Gasteiger partial charge in [-0.15, -0.1) is 0 Å². The molecule has 0 aliphatic carbocycles. The summed E-state index contributed by atoms with van der Waals surface area (Å²) in [6, 6.07) is 0. The van der Waals surface area contributed by atoms with Gasteiger partial charge < -0.3 is 25.2 Å². The van der Waals surface area contributed by atoms with Gasteiger partial charge in [-0.25, -0.2) is 0 Å². The van der Waals surface area contributed by atoms with Crippen LogP contribution in [0.25, 0.3) is 0 Å². The Kier molecular flexibility index (Phi) is 2.46. The van der Waals surface area contributed by atoms with Gasteiger partial charge in [-0.3, -0.25) is 0 Å². The Bertz CT molecular complexity index is 137. The lowest BCUT2D eigenvalue weighted by Gasteiger charge is -2.16. The molecule has 1 aliphatic heterocycles. The number of aliphatic hydroxyl groups is 4. The fraction of sp³-hybridized carbons (Fsp3) is 1.00. The summed E-state index contributed by atoms with van der Waals surface area (Å²) in [6.07, 6.45) is -5.75. The van der Waals surface area contributed by atoms with Crippen LogP contribution in [0.3, 0.4) is 0 Å². The van der Waals surface area contributed by atoms with Crippen LogP contribution in [0.1, 0.15) is 6.92 Å². The van der Waals surface area contributed by atoms with E-state index in [0.717, 1.165) is 0 Å². The highest BCUT2D eigenvalue weighted by Gasteiger charge is 2.43. The van der Waals surface area contributed by atoms with Gasteiger partial charge in [-0.05, 0) is 6.92 Å². The van der Waals surface area contributed by atoms with Crippen molar-refractivity contribution in [2.75, 3.05) is 0 Å². The Balaban J connectivity index is 2.59. The van der Waals surface area contributed by atoms with Crippen LogP contribution in [-0.2, 0) is 4.74 Å². The molecule has 11 heavy (non-hydrogen) atoms. The van der Waals surface area contributed by atoms with Crippen molar-refractivity contribution >= 4 is 0 Å². The predicted octanol–water partition coefficient (Wildman–Crippen LogP) is -2.19. The molecule has 1 fully saturated rings. The molecule has 1 heterocycles. The predicted molar refractivity (Wildman–Crippen MR) is 34.6 cm³/mol. The first-order valence-corrected chi connectivity index (χ1v) is 3.41.